The van der Waals surface area contributed by atoms with Crippen LogP contribution in [0.1, 0.15) is 220 Å². The number of hydrogen-bond donors (Lipinski definition) is 6. The van der Waals surface area contributed by atoms with Crippen LogP contribution in [0, 0.1) is 0 Å². The molecule has 4 aromatic carbocycles. The van der Waals surface area contributed by atoms with Gasteiger partial charge in [0.15, 0.2) is 23.0 Å². The SMILES string of the molecule is CC(=O)CCCCCl.CC(=O)CCCCN=[N+]=[N-].CC(C)(C)OC(=O)c1cc(Cl)ccn1.CC(C)(C)OC(=O)c1cc(Oc2ccc(N)cc2)ccn1.CC(C)(C)OC(=O)c1cc(Oc2ccc(NC(=O)Nc3ccc(Cl)c(C(F)(F)F)c3)cc2)ccn1.CC1(CCCCN)OCCO1.CC1(CCCCN=[N+]=[N-])OCCO1.COC(=O)OC(Cl)(Cl)Cl.Nc1ccc(Cl)c(C(F)(F)F)c1.O=C(O)c1ccccn1. The van der Waals surface area contributed by atoms with E-state index in [-0.39, 0.29) is 56.5 Å². The number of amides is 2. The number of halogens is 13. The highest BCUT2D eigenvalue weighted by molar-refractivity contribution is 6.66. The molecule has 780 valence electrons. The van der Waals surface area contributed by atoms with E-state index in [0.717, 1.165) is 115 Å². The Labute approximate surface area is 854 Å². The third-order valence-electron chi connectivity index (χ3n) is 16.6. The number of carboxylic acid groups (broad SMARTS) is 1. The topological polar surface area (TPSA) is 510 Å². The molecule has 9 N–H and O–H groups in total. The molecule has 8 aromatic rings. The molecule has 2 fully saturated rings. The first-order chi connectivity index (χ1) is 66.3. The summed E-state index contributed by atoms with van der Waals surface area (Å²) in [6.07, 6.45) is 6.39. The number of Topliss-reactive ketones (excluding diaryl/α,β-unsaturated/α-hetero) is 2. The van der Waals surface area contributed by atoms with Crippen molar-refractivity contribution in [3.8, 4) is 23.0 Å². The summed E-state index contributed by atoms with van der Waals surface area (Å²) >= 11 is 37.0. The van der Waals surface area contributed by atoms with E-state index in [2.05, 4.69) is 60.1 Å². The number of carbonyl (C=O) groups is 8. The maximum absolute atomic E-state index is 13.0. The third-order valence-corrected chi connectivity index (χ3v) is 18.0. The van der Waals surface area contributed by atoms with Crippen LogP contribution >= 0.6 is 81.2 Å². The van der Waals surface area contributed by atoms with Crippen LogP contribution in [-0.2, 0) is 64.6 Å². The van der Waals surface area contributed by atoms with Gasteiger partial charge in [-0.05, 0) is 315 Å². The van der Waals surface area contributed by atoms with Crippen LogP contribution in [0.2, 0.25) is 15.1 Å². The quantitative estimate of drug-likeness (QED) is 0.00305. The lowest BCUT2D eigenvalue weighted by Gasteiger charge is -2.21. The molecule has 2 saturated heterocycles. The van der Waals surface area contributed by atoms with Gasteiger partial charge in [0.1, 0.15) is 62.8 Å². The zero-order valence-electron chi connectivity index (χ0n) is 80.6. The number of azide groups is 2. The third kappa shape index (κ3) is 62.7. The number of ketones is 2. The lowest BCUT2D eigenvalue weighted by atomic mass is 10.1. The lowest BCUT2D eigenvalue weighted by molar-refractivity contribution is -0.147. The van der Waals surface area contributed by atoms with Gasteiger partial charge in [-0.15, -0.1) is 11.6 Å². The highest BCUT2D eigenvalue weighted by atomic mass is 35.6. The molecule has 4 aromatic heterocycles. The van der Waals surface area contributed by atoms with E-state index in [1.54, 1.807) is 149 Å². The number of benzene rings is 4. The number of aromatic nitrogens is 4. The van der Waals surface area contributed by atoms with E-state index in [1.807, 2.05) is 13.8 Å². The number of hydrogen-bond acceptors (Lipinski definition) is 28. The fourth-order valence-electron chi connectivity index (χ4n) is 10.3. The van der Waals surface area contributed by atoms with Crippen molar-refractivity contribution < 1.29 is 122 Å². The van der Waals surface area contributed by atoms with Gasteiger partial charge in [-0.2, -0.15) is 26.3 Å². The summed E-state index contributed by atoms with van der Waals surface area (Å²) in [5.74, 6) is -0.194. The van der Waals surface area contributed by atoms with Crippen molar-refractivity contribution in [2.75, 3.05) is 81.2 Å². The number of rotatable bonds is 28. The molecule has 0 radical (unpaired) electrons. The molecule has 0 saturated carbocycles. The number of pyridine rings is 4. The molecule has 2 aliphatic rings. The summed E-state index contributed by atoms with van der Waals surface area (Å²) < 4.78 is 130. The molecule has 48 heteroatoms. The van der Waals surface area contributed by atoms with Gasteiger partial charge in [-0.3, -0.25) is 0 Å². The minimum Gasteiger partial charge on any atom is -0.477 e. The first-order valence-corrected chi connectivity index (χ1v) is 46.0. The number of nitrogens with zero attached hydrogens (tertiary/aromatic N) is 10. The van der Waals surface area contributed by atoms with E-state index in [0.29, 0.717) is 84.4 Å². The Hall–Kier alpha value is -11.5. The largest absolute Gasteiger partial charge is 0.511 e. The average molecular weight is 2140 g/mol. The standard InChI is InChI=1S/C24H21ClF3N3O4.C16H18N2O3.C10H12ClNO2.C8H15N3O2.C8H17NO2.C7H5ClF3N.C6H11ClO.C6H11N3O.C6H5NO2.C3H3Cl3O3/c1-23(2,3)35-21(32)20-13-17(10-11-29-20)34-16-7-4-14(5-8-16)30-22(33)31-15-6-9-19(25)18(12-15)24(26,27)28;1-16(2,3)21-15(19)14-10-13(8-9-18-14)20-12-6-4-11(17)5-7-12;1-10(2,3)14-9(13)8-6-7(11)4-5-12-8;1-8(12-6-7-13-8)4-2-3-5-10-11-9;1-8(4-2-3-5-9)10-6-7-11-8;8-6-2-1-4(12)3-5(6)7(9,10)11;1-6(8)4-2-3-5-7;1-6(10)4-2-3-5-8-9-7;8-6(9)5-3-1-2-4-7-5;1-8-2(7)9-3(4,5)6/h4-13H,1-3H3,(H2,30,31,33);4-10H,17H2,1-3H3;4-6H,1-3H3;2-7H2,1H3;2-7,9H2,1H3;1-3H,12H2;2-5H2,1H3;2-5H2,1H3;1-4H,(H,8,9);1H3. The van der Waals surface area contributed by atoms with Gasteiger partial charge in [0.2, 0.25) is 0 Å². The normalized spacial score (nSPS) is 12.5. The van der Waals surface area contributed by atoms with Gasteiger partial charge in [0.05, 0.1) is 54.7 Å². The summed E-state index contributed by atoms with van der Waals surface area (Å²) in [5, 5.41) is 19.6. The zero-order valence-corrected chi connectivity index (χ0v) is 85.8. The maximum Gasteiger partial charge on any atom is 0.511 e. The fraction of sp³-hybridized carbons (Fsp3) is 0.447. The van der Waals surface area contributed by atoms with Crippen LogP contribution in [0.4, 0.5) is 58.7 Å². The summed E-state index contributed by atoms with van der Waals surface area (Å²) in [4.78, 5) is 109. The predicted octanol–water partition coefficient (Wildman–Crippen LogP) is 26.2. The molecule has 35 nitrogen and oxygen atoms in total. The van der Waals surface area contributed by atoms with Gasteiger partial charge in [-0.25, -0.2) is 48.7 Å². The molecule has 2 amide bonds. The van der Waals surface area contributed by atoms with E-state index >= 15 is 0 Å². The Kier molecular flexibility index (Phi) is 60.0. The maximum atomic E-state index is 13.0. The molecule has 0 bridgehead atoms. The molecule has 2 aliphatic heterocycles. The number of anilines is 4. The number of carboxylic acids is 1. The smallest absolute Gasteiger partial charge is 0.477 e. The number of carbonyl (C=O) groups excluding carboxylic acids is 7. The number of aromatic carboxylic acids is 1. The van der Waals surface area contributed by atoms with Gasteiger partial charge in [0.25, 0.3) is 0 Å². The molecule has 0 aliphatic carbocycles. The Morgan fingerprint density at radius 1 is 0.479 bits per heavy atom. The van der Waals surface area contributed by atoms with Gasteiger partial charge >= 0.3 is 52.4 Å². The van der Waals surface area contributed by atoms with Crippen LogP contribution in [0.15, 0.2) is 175 Å². The number of methoxy groups -OCH3 is 1. The first-order valence-electron chi connectivity index (χ1n) is 43.2. The van der Waals surface area contributed by atoms with Crippen LogP contribution in [-0.4, -0.2) is 164 Å². The average Bonchev–Trinajstić information content (AvgIpc) is 1.19. The molecule has 6 heterocycles. The molecule has 0 unspecified atom stereocenters. The Morgan fingerprint density at radius 3 is 1.23 bits per heavy atom. The van der Waals surface area contributed by atoms with Crippen molar-refractivity contribution in [3.63, 3.8) is 0 Å². The second kappa shape index (κ2) is 66.3. The molecule has 142 heavy (non-hydrogen) atoms. The number of ether oxygens (including phenoxy) is 11. The predicted molar refractivity (Wildman–Crippen MR) is 531 cm³/mol. The van der Waals surface area contributed by atoms with Gasteiger partial charge in [-0.1, -0.05) is 51.1 Å². The number of nitrogen functional groups attached to an aromatic ring is 2. The van der Waals surface area contributed by atoms with Crippen LogP contribution in [0.3, 0.4) is 0 Å². The van der Waals surface area contributed by atoms with E-state index in [1.165, 1.54) is 67.3 Å². The van der Waals surface area contributed by atoms with Crippen molar-refractivity contribution >= 4 is 152 Å². The van der Waals surface area contributed by atoms with Crippen molar-refractivity contribution in [1.29, 1.82) is 0 Å². The van der Waals surface area contributed by atoms with E-state index in [4.69, 9.17) is 157 Å². The van der Waals surface area contributed by atoms with Crippen LogP contribution < -0.4 is 37.3 Å². The number of nitrogens with one attached hydrogen (secondary N) is 2. The number of urea groups is 1. The second-order valence-electron chi connectivity index (χ2n) is 32.7. The number of unbranched alkanes of at least 4 members (excludes halogenated alkanes) is 4. The van der Waals surface area contributed by atoms with E-state index < -0.39 is 91.1 Å². The molecular formula is C94H118Cl7F6N15O20. The number of nitrogens with two attached hydrogens (primary N) is 3. The molecule has 0 spiro atoms. The van der Waals surface area contributed by atoms with Crippen molar-refractivity contribution in [2.45, 2.75) is 212 Å². The minimum atomic E-state index is -4.65. The Morgan fingerprint density at radius 2 is 0.866 bits per heavy atom. The summed E-state index contributed by atoms with van der Waals surface area (Å²) in [6.45, 7) is 27.8. The van der Waals surface area contributed by atoms with E-state index in [9.17, 15) is 64.7 Å². The molecule has 0 atom stereocenters. The fourth-order valence-corrected chi connectivity index (χ4v) is 11.3. The minimum absolute atomic E-state index is 0.0479. The highest BCUT2D eigenvalue weighted by Gasteiger charge is 2.36. The second-order valence-corrected chi connectivity index (χ2v) is 36.5. The van der Waals surface area contributed by atoms with Crippen LogP contribution in [0.25, 0.3) is 20.9 Å². The monoisotopic (exact) mass is 2140 g/mol. The van der Waals surface area contributed by atoms with Crippen molar-refractivity contribution in [3.05, 3.63) is 234 Å². The highest BCUT2D eigenvalue weighted by Crippen LogP contribution is 2.38. The number of esters is 3. The summed E-state index contributed by atoms with van der Waals surface area (Å²) in [6, 6.07) is 32.8. The first kappa shape index (κ1) is 128. The van der Waals surface area contributed by atoms with Gasteiger partial charge < -0.3 is 94.6 Å². The van der Waals surface area contributed by atoms with Crippen LogP contribution in [0.5, 0.6) is 23.0 Å². The number of alkyl halides is 10. The summed E-state index contributed by atoms with van der Waals surface area (Å²) in [5.41, 5.74) is 30.0. The summed E-state index contributed by atoms with van der Waals surface area (Å²) in [7, 11) is 1.11. The zero-order chi connectivity index (χ0) is 108. The van der Waals surface area contributed by atoms with Crippen molar-refractivity contribution in [2.24, 2.45) is 16.0 Å². The van der Waals surface area contributed by atoms with Crippen molar-refractivity contribution in [1.82, 2.24) is 19.9 Å². The Balaban J connectivity index is 0.000000825. The van der Waals surface area contributed by atoms with Gasteiger partial charge in [0, 0.05) is 119 Å². The molecular weight excluding hydrogens is 2020 g/mol. The molecule has 10 rings (SSSR count). The Bertz CT molecular complexity index is 5280. The lowest BCUT2D eigenvalue weighted by Crippen LogP contribution is -2.25.